The van der Waals surface area contributed by atoms with Crippen molar-refractivity contribution in [2.75, 3.05) is 6.54 Å². The van der Waals surface area contributed by atoms with E-state index in [4.69, 9.17) is 11.6 Å². The smallest absolute Gasteiger partial charge is 0.113 e. The van der Waals surface area contributed by atoms with Crippen LogP contribution >= 0.6 is 11.6 Å². The second kappa shape index (κ2) is 11.5. The molecule has 0 radical (unpaired) electrons. The highest BCUT2D eigenvalue weighted by Gasteiger charge is 2.33. The Balaban J connectivity index is 1.40. The maximum atomic E-state index is 5.98. The molecule has 1 aliphatic carbocycles. The molecular formula is C31H33ClN2. The third-order valence-corrected chi connectivity index (χ3v) is 6.71. The van der Waals surface area contributed by atoms with Gasteiger partial charge in [-0.15, -0.1) is 0 Å². The van der Waals surface area contributed by atoms with Gasteiger partial charge in [-0.1, -0.05) is 67.8 Å². The van der Waals surface area contributed by atoms with E-state index >= 15 is 0 Å². The van der Waals surface area contributed by atoms with Gasteiger partial charge in [-0.2, -0.15) is 0 Å². The number of hydrogen-bond donors (Lipinski definition) is 1. The molecule has 0 bridgehead atoms. The van der Waals surface area contributed by atoms with Crippen molar-refractivity contribution in [3.8, 4) is 23.0 Å². The molecule has 1 N–H and O–H groups in total. The van der Waals surface area contributed by atoms with Gasteiger partial charge in [0.1, 0.15) is 5.69 Å². The monoisotopic (exact) mass is 468 g/mol. The van der Waals surface area contributed by atoms with Gasteiger partial charge in [0.05, 0.1) is 0 Å². The number of halogens is 1. The van der Waals surface area contributed by atoms with Crippen molar-refractivity contribution in [2.45, 2.75) is 46.1 Å². The molecule has 174 valence electrons. The second-order valence-corrected chi connectivity index (χ2v) is 9.73. The van der Waals surface area contributed by atoms with Crippen LogP contribution in [0.5, 0.6) is 0 Å². The van der Waals surface area contributed by atoms with Crippen LogP contribution in [0.15, 0.2) is 72.9 Å². The second-order valence-electron chi connectivity index (χ2n) is 9.29. The molecule has 4 rings (SSSR count). The highest BCUT2D eigenvalue weighted by atomic mass is 35.5. The van der Waals surface area contributed by atoms with Gasteiger partial charge in [0, 0.05) is 28.4 Å². The van der Waals surface area contributed by atoms with Crippen LogP contribution in [0.4, 0.5) is 0 Å². The van der Waals surface area contributed by atoms with Crippen molar-refractivity contribution < 1.29 is 0 Å². The minimum absolute atomic E-state index is 0.528. The molecule has 1 unspecified atom stereocenters. The lowest BCUT2D eigenvalue weighted by molar-refractivity contribution is 0.388. The van der Waals surface area contributed by atoms with Crippen LogP contribution in [-0.2, 0) is 0 Å². The van der Waals surface area contributed by atoms with Gasteiger partial charge in [-0.3, -0.25) is 0 Å². The van der Waals surface area contributed by atoms with E-state index in [9.17, 15) is 0 Å². The Bertz CT molecular complexity index is 1160. The maximum absolute atomic E-state index is 5.98. The van der Waals surface area contributed by atoms with Crippen LogP contribution in [0.3, 0.4) is 0 Å². The Morgan fingerprint density at radius 2 is 1.74 bits per heavy atom. The number of benzene rings is 2. The summed E-state index contributed by atoms with van der Waals surface area (Å²) in [6.45, 7) is 7.90. The third kappa shape index (κ3) is 6.60. The van der Waals surface area contributed by atoms with Crippen molar-refractivity contribution in [3.63, 3.8) is 0 Å². The normalized spacial score (nSPS) is 15.4. The Labute approximate surface area is 209 Å². The summed E-state index contributed by atoms with van der Waals surface area (Å²) in [5.74, 6) is 7.79. The highest BCUT2D eigenvalue weighted by molar-refractivity contribution is 6.30. The Morgan fingerprint density at radius 1 is 1.03 bits per heavy atom. The SMILES string of the molecule is CCCNC(C1CC1)[C@@H](C)/C=C(\C)c1ccc(C#Cc2ccc(-c3ccc(Cl)cc3)cn2)cc1. The van der Waals surface area contributed by atoms with Gasteiger partial charge < -0.3 is 5.32 Å². The summed E-state index contributed by atoms with van der Waals surface area (Å²) in [4.78, 5) is 4.51. The first-order valence-corrected chi connectivity index (χ1v) is 12.7. The summed E-state index contributed by atoms with van der Waals surface area (Å²) >= 11 is 5.98. The van der Waals surface area contributed by atoms with Crippen LogP contribution in [0.2, 0.25) is 5.02 Å². The van der Waals surface area contributed by atoms with E-state index in [0.29, 0.717) is 12.0 Å². The number of pyridine rings is 1. The van der Waals surface area contributed by atoms with Gasteiger partial charge in [0.15, 0.2) is 0 Å². The Kier molecular flexibility index (Phi) is 8.22. The zero-order valence-electron chi connectivity index (χ0n) is 20.3. The molecule has 0 spiro atoms. The predicted octanol–water partition coefficient (Wildman–Crippen LogP) is 7.62. The van der Waals surface area contributed by atoms with Crippen LogP contribution in [-0.4, -0.2) is 17.6 Å². The van der Waals surface area contributed by atoms with E-state index < -0.39 is 0 Å². The van der Waals surface area contributed by atoms with E-state index in [2.05, 4.69) is 73.3 Å². The predicted molar refractivity (Wildman–Crippen MR) is 145 cm³/mol. The Hall–Kier alpha value is -2.86. The fourth-order valence-corrected chi connectivity index (χ4v) is 4.50. The van der Waals surface area contributed by atoms with Crippen molar-refractivity contribution in [1.29, 1.82) is 0 Å². The lowest BCUT2D eigenvalue weighted by atomic mass is 9.93. The average Bonchev–Trinajstić information content (AvgIpc) is 3.69. The number of nitrogens with zero attached hydrogens (tertiary/aromatic N) is 1. The molecule has 3 heteroatoms. The van der Waals surface area contributed by atoms with Crippen molar-refractivity contribution in [2.24, 2.45) is 11.8 Å². The minimum Gasteiger partial charge on any atom is -0.313 e. The summed E-state index contributed by atoms with van der Waals surface area (Å²) in [6.07, 6.45) is 8.20. The molecule has 0 amide bonds. The average molecular weight is 469 g/mol. The van der Waals surface area contributed by atoms with Gasteiger partial charge in [0.25, 0.3) is 0 Å². The lowest BCUT2D eigenvalue weighted by Gasteiger charge is -2.23. The molecule has 1 heterocycles. The van der Waals surface area contributed by atoms with E-state index in [-0.39, 0.29) is 0 Å². The molecule has 3 aromatic rings. The Morgan fingerprint density at radius 3 is 2.35 bits per heavy atom. The molecule has 1 aliphatic rings. The van der Waals surface area contributed by atoms with Gasteiger partial charge >= 0.3 is 0 Å². The summed E-state index contributed by atoms with van der Waals surface area (Å²) < 4.78 is 0. The van der Waals surface area contributed by atoms with Gasteiger partial charge in [-0.05, 0) is 97.5 Å². The van der Waals surface area contributed by atoms with Crippen LogP contribution in [0.1, 0.15) is 56.9 Å². The molecule has 1 aromatic heterocycles. The molecule has 34 heavy (non-hydrogen) atoms. The van der Waals surface area contributed by atoms with Crippen molar-refractivity contribution >= 4 is 17.2 Å². The molecule has 2 aromatic carbocycles. The fourth-order valence-electron chi connectivity index (χ4n) is 4.38. The molecular weight excluding hydrogens is 436 g/mol. The van der Waals surface area contributed by atoms with Crippen LogP contribution in [0, 0.1) is 23.7 Å². The standard InChI is InChI=1S/C31H33ClN2/c1-4-19-33-31(27-10-11-27)23(3)20-22(2)25-8-5-24(6-9-25)7-17-30-18-14-28(21-34-30)26-12-15-29(32)16-13-26/h5-6,8-9,12-16,18,20-21,23,27,31,33H,4,10-11,19H2,1-3H3/b22-20+/t23-,31?/m0/s1. The first-order chi connectivity index (χ1) is 16.5. The number of hydrogen-bond acceptors (Lipinski definition) is 2. The zero-order chi connectivity index (χ0) is 23.9. The van der Waals surface area contributed by atoms with Gasteiger partial charge in [0.2, 0.25) is 0 Å². The van der Waals surface area contributed by atoms with Crippen molar-refractivity contribution in [1.82, 2.24) is 10.3 Å². The summed E-state index contributed by atoms with van der Waals surface area (Å²) in [5.41, 5.74) is 6.49. The number of rotatable bonds is 8. The summed E-state index contributed by atoms with van der Waals surface area (Å²) in [6, 6.07) is 20.9. The third-order valence-electron chi connectivity index (χ3n) is 6.46. The summed E-state index contributed by atoms with van der Waals surface area (Å²) in [5, 5.41) is 4.50. The van der Waals surface area contributed by atoms with Gasteiger partial charge in [-0.25, -0.2) is 4.98 Å². The molecule has 2 atom stereocenters. The largest absolute Gasteiger partial charge is 0.313 e. The number of allylic oxidation sites excluding steroid dienone is 1. The van der Waals surface area contributed by atoms with Crippen molar-refractivity contribution in [3.05, 3.63) is 94.8 Å². The highest BCUT2D eigenvalue weighted by Crippen LogP contribution is 2.36. The number of aromatic nitrogens is 1. The minimum atomic E-state index is 0.528. The molecule has 1 fully saturated rings. The van der Waals surface area contributed by atoms with Crippen LogP contribution in [0.25, 0.3) is 16.7 Å². The fraction of sp³-hybridized carbons (Fsp3) is 0.323. The van der Waals surface area contributed by atoms with E-state index in [1.165, 1.54) is 30.4 Å². The maximum Gasteiger partial charge on any atom is 0.113 e. The van der Waals surface area contributed by atoms with Crippen LogP contribution < -0.4 is 5.32 Å². The first kappa shape index (κ1) is 24.3. The molecule has 2 nitrogen and oxygen atoms in total. The van der Waals surface area contributed by atoms with E-state index in [0.717, 1.165) is 39.9 Å². The molecule has 0 aliphatic heterocycles. The lowest BCUT2D eigenvalue weighted by Crippen LogP contribution is -2.36. The van der Waals surface area contributed by atoms with E-state index in [1.807, 2.05) is 42.6 Å². The van der Waals surface area contributed by atoms with E-state index in [1.54, 1.807) is 0 Å². The topological polar surface area (TPSA) is 24.9 Å². The molecule has 0 saturated heterocycles. The number of nitrogens with one attached hydrogen (secondary N) is 1. The summed E-state index contributed by atoms with van der Waals surface area (Å²) in [7, 11) is 0. The first-order valence-electron chi connectivity index (χ1n) is 12.3. The quantitative estimate of drug-likeness (QED) is 0.344. The zero-order valence-corrected chi connectivity index (χ0v) is 21.1. The molecule has 1 saturated carbocycles.